The number of carbonyl (C=O) groups excluding carboxylic acids is 1. The van der Waals surface area contributed by atoms with Crippen molar-refractivity contribution >= 4 is 16.9 Å². The first-order valence-corrected chi connectivity index (χ1v) is 8.70. The van der Waals surface area contributed by atoms with Crippen molar-refractivity contribution in [2.75, 3.05) is 0 Å². The molecular formula is C19H19O2S+. The summed E-state index contributed by atoms with van der Waals surface area (Å²) in [4.78, 5) is 14.2. The molecule has 0 bridgehead atoms. The van der Waals surface area contributed by atoms with Gasteiger partial charge in [0.15, 0.2) is 9.79 Å². The van der Waals surface area contributed by atoms with Gasteiger partial charge in [-0.25, -0.2) is 4.79 Å². The number of carbonyl (C=O) groups is 1. The molecule has 2 aromatic rings. The van der Waals surface area contributed by atoms with Crippen molar-refractivity contribution in [1.82, 2.24) is 0 Å². The fraction of sp³-hybridized carbons (Fsp3) is 0.211. The highest BCUT2D eigenvalue weighted by molar-refractivity contribution is 7.97. The molecule has 1 fully saturated rings. The summed E-state index contributed by atoms with van der Waals surface area (Å²) in [6.07, 6.45) is 2.59. The number of rotatable bonds is 5. The second kappa shape index (κ2) is 6.41. The van der Waals surface area contributed by atoms with Crippen molar-refractivity contribution in [1.29, 1.82) is 0 Å². The normalized spacial score (nSPS) is 15.1. The molecule has 1 atom stereocenters. The summed E-state index contributed by atoms with van der Waals surface area (Å²) < 4.78 is 5.26. The van der Waals surface area contributed by atoms with Gasteiger partial charge in [-0.15, -0.1) is 0 Å². The molecule has 2 aromatic carbocycles. The molecule has 1 aliphatic carbocycles. The Morgan fingerprint density at radius 2 is 1.64 bits per heavy atom. The van der Waals surface area contributed by atoms with Crippen molar-refractivity contribution in [3.05, 3.63) is 66.7 Å². The highest BCUT2D eigenvalue weighted by atomic mass is 32.2. The number of ether oxygens (including phenoxy) is 1. The molecule has 1 unspecified atom stereocenters. The van der Waals surface area contributed by atoms with E-state index in [9.17, 15) is 4.79 Å². The molecule has 0 spiro atoms. The number of hydrogen-bond acceptors (Lipinski definition) is 2. The van der Waals surface area contributed by atoms with Gasteiger partial charge >= 0.3 is 5.97 Å². The molecule has 0 aromatic heterocycles. The maximum atomic E-state index is 11.6. The van der Waals surface area contributed by atoms with E-state index in [4.69, 9.17) is 4.74 Å². The monoisotopic (exact) mass is 311 g/mol. The van der Waals surface area contributed by atoms with Gasteiger partial charge in [-0.05, 0) is 43.3 Å². The first-order chi connectivity index (χ1) is 10.6. The van der Waals surface area contributed by atoms with Crippen LogP contribution in [0.5, 0.6) is 5.75 Å². The fourth-order valence-electron chi connectivity index (χ4n) is 2.24. The standard InChI is InChI=1S/C19H19O2S/c1-14(2)19(20)21-15-8-10-17(11-9-15)22(18-12-13-18)16-6-4-3-5-7-16/h3-11,18H,1,12-13H2,2H3/q+1. The van der Waals surface area contributed by atoms with Crippen LogP contribution in [0.2, 0.25) is 0 Å². The van der Waals surface area contributed by atoms with Crippen LogP contribution < -0.4 is 4.74 Å². The molecule has 0 radical (unpaired) electrons. The van der Waals surface area contributed by atoms with E-state index in [0.717, 1.165) is 5.25 Å². The quantitative estimate of drug-likeness (QED) is 0.355. The lowest BCUT2D eigenvalue weighted by atomic mass is 10.3. The van der Waals surface area contributed by atoms with Gasteiger partial charge in [0.2, 0.25) is 0 Å². The summed E-state index contributed by atoms with van der Waals surface area (Å²) in [6, 6.07) is 18.6. The SMILES string of the molecule is C=C(C)C(=O)Oc1ccc([S+](c2ccccc2)C2CC2)cc1. The molecule has 1 saturated carbocycles. The van der Waals surface area contributed by atoms with Gasteiger partial charge < -0.3 is 4.74 Å². The smallest absolute Gasteiger partial charge is 0.338 e. The van der Waals surface area contributed by atoms with Crippen LogP contribution in [0.1, 0.15) is 19.8 Å². The van der Waals surface area contributed by atoms with E-state index in [0.29, 0.717) is 11.3 Å². The Morgan fingerprint density at radius 1 is 1.05 bits per heavy atom. The summed E-state index contributed by atoms with van der Waals surface area (Å²) >= 11 is 0. The van der Waals surface area contributed by atoms with Crippen molar-refractivity contribution in [3.8, 4) is 5.75 Å². The fourth-order valence-corrected chi connectivity index (χ4v) is 4.77. The van der Waals surface area contributed by atoms with Crippen LogP contribution in [0.15, 0.2) is 76.5 Å². The molecular weight excluding hydrogens is 292 g/mol. The maximum Gasteiger partial charge on any atom is 0.338 e. The Morgan fingerprint density at radius 3 is 2.18 bits per heavy atom. The van der Waals surface area contributed by atoms with E-state index in [1.54, 1.807) is 6.92 Å². The van der Waals surface area contributed by atoms with Crippen molar-refractivity contribution in [3.63, 3.8) is 0 Å². The van der Waals surface area contributed by atoms with E-state index in [1.165, 1.54) is 22.6 Å². The van der Waals surface area contributed by atoms with Crippen LogP contribution in [0.3, 0.4) is 0 Å². The molecule has 2 nitrogen and oxygen atoms in total. The van der Waals surface area contributed by atoms with Crippen LogP contribution in [-0.4, -0.2) is 11.2 Å². The minimum absolute atomic E-state index is 0.120. The average molecular weight is 311 g/mol. The molecule has 112 valence electrons. The predicted octanol–water partition coefficient (Wildman–Crippen LogP) is 4.37. The third kappa shape index (κ3) is 3.42. The first kappa shape index (κ1) is 14.9. The Hall–Kier alpha value is -2.00. The summed E-state index contributed by atoms with van der Waals surface area (Å²) in [6.45, 7) is 5.24. The highest BCUT2D eigenvalue weighted by Crippen LogP contribution is 2.40. The Balaban J connectivity index is 1.81. The first-order valence-electron chi connectivity index (χ1n) is 7.41. The highest BCUT2D eigenvalue weighted by Gasteiger charge is 2.43. The van der Waals surface area contributed by atoms with Crippen LogP contribution in [0.4, 0.5) is 0 Å². The van der Waals surface area contributed by atoms with E-state index >= 15 is 0 Å². The van der Waals surface area contributed by atoms with Gasteiger partial charge in [0, 0.05) is 18.4 Å². The van der Waals surface area contributed by atoms with Gasteiger partial charge in [0.1, 0.15) is 11.0 Å². The number of esters is 1. The maximum absolute atomic E-state index is 11.6. The molecule has 3 rings (SSSR count). The minimum atomic E-state index is -0.378. The summed E-state index contributed by atoms with van der Waals surface area (Å²) in [5.74, 6) is 0.196. The lowest BCUT2D eigenvalue weighted by Crippen LogP contribution is -2.10. The van der Waals surface area contributed by atoms with Crippen LogP contribution in [0.25, 0.3) is 0 Å². The second-order valence-corrected chi connectivity index (χ2v) is 7.78. The van der Waals surface area contributed by atoms with Gasteiger partial charge in [0.25, 0.3) is 0 Å². The molecule has 0 aliphatic heterocycles. The molecule has 0 saturated heterocycles. The van der Waals surface area contributed by atoms with Crippen molar-refractivity contribution < 1.29 is 9.53 Å². The summed E-state index contributed by atoms with van der Waals surface area (Å²) in [5, 5.41) is 0.756. The van der Waals surface area contributed by atoms with Gasteiger partial charge in [-0.1, -0.05) is 24.8 Å². The summed E-state index contributed by atoms with van der Waals surface area (Å²) in [5.41, 5.74) is 0.408. The van der Waals surface area contributed by atoms with Gasteiger partial charge in [-0.3, -0.25) is 0 Å². The molecule has 1 aliphatic rings. The topological polar surface area (TPSA) is 26.3 Å². The Bertz CT molecular complexity index is 672. The van der Waals surface area contributed by atoms with E-state index in [2.05, 4.69) is 49.0 Å². The lowest BCUT2D eigenvalue weighted by molar-refractivity contribution is -0.130. The van der Waals surface area contributed by atoms with Gasteiger partial charge in [-0.2, -0.15) is 0 Å². The second-order valence-electron chi connectivity index (χ2n) is 5.49. The van der Waals surface area contributed by atoms with Crippen molar-refractivity contribution in [2.24, 2.45) is 0 Å². The Labute approximate surface area is 134 Å². The number of benzene rings is 2. The molecule has 0 N–H and O–H groups in total. The molecule has 22 heavy (non-hydrogen) atoms. The van der Waals surface area contributed by atoms with Gasteiger partial charge in [0.05, 0.1) is 10.9 Å². The third-order valence-corrected chi connectivity index (χ3v) is 6.19. The van der Waals surface area contributed by atoms with Crippen molar-refractivity contribution in [2.45, 2.75) is 34.8 Å². The van der Waals surface area contributed by atoms with Crippen LogP contribution >= 0.6 is 0 Å². The zero-order chi connectivity index (χ0) is 15.5. The van der Waals surface area contributed by atoms with E-state index in [-0.39, 0.29) is 16.9 Å². The predicted molar refractivity (Wildman–Crippen MR) is 90.3 cm³/mol. The van der Waals surface area contributed by atoms with Crippen LogP contribution in [-0.2, 0) is 15.7 Å². The number of hydrogen-bond donors (Lipinski definition) is 0. The largest absolute Gasteiger partial charge is 0.423 e. The van der Waals surface area contributed by atoms with E-state index in [1.807, 2.05) is 12.1 Å². The molecule has 0 amide bonds. The zero-order valence-electron chi connectivity index (χ0n) is 12.6. The molecule has 0 heterocycles. The summed E-state index contributed by atoms with van der Waals surface area (Å²) in [7, 11) is 0.120. The minimum Gasteiger partial charge on any atom is -0.423 e. The van der Waals surface area contributed by atoms with Crippen LogP contribution in [0, 0.1) is 0 Å². The lowest BCUT2D eigenvalue weighted by Gasteiger charge is -2.08. The zero-order valence-corrected chi connectivity index (χ0v) is 13.4. The molecule has 3 heteroatoms. The third-order valence-electron chi connectivity index (χ3n) is 3.49. The van der Waals surface area contributed by atoms with E-state index < -0.39 is 0 Å². The average Bonchev–Trinajstić information content (AvgIpc) is 3.35. The Kier molecular flexibility index (Phi) is 4.34.